The van der Waals surface area contributed by atoms with Gasteiger partial charge in [-0.25, -0.2) is 4.79 Å². The van der Waals surface area contributed by atoms with Gasteiger partial charge in [0.2, 0.25) is 0 Å². The summed E-state index contributed by atoms with van der Waals surface area (Å²) in [5.74, 6) is -1.14. The van der Waals surface area contributed by atoms with Crippen LogP contribution in [0.15, 0.2) is 0 Å². The molecule has 0 bridgehead atoms. The minimum Gasteiger partial charge on any atom is -0.480 e. The highest BCUT2D eigenvalue weighted by atomic mass is 16.5. The summed E-state index contributed by atoms with van der Waals surface area (Å²) in [4.78, 5) is 21.8. The summed E-state index contributed by atoms with van der Waals surface area (Å²) in [6.07, 6.45) is 17.4. The minimum atomic E-state index is -1.14. The number of hydrogen-bond donors (Lipinski definition) is 3. The van der Waals surface area contributed by atoms with E-state index in [2.05, 4.69) is 12.2 Å². The summed E-state index contributed by atoms with van der Waals surface area (Å²) in [5.41, 5.74) is 5.28. The van der Waals surface area contributed by atoms with E-state index >= 15 is 0 Å². The van der Waals surface area contributed by atoms with E-state index < -0.39 is 18.1 Å². The van der Waals surface area contributed by atoms with Crippen molar-refractivity contribution in [2.75, 3.05) is 13.2 Å². The van der Waals surface area contributed by atoms with Crippen molar-refractivity contribution in [2.24, 2.45) is 5.73 Å². The predicted octanol–water partition coefficient (Wildman–Crippen LogP) is 4.61. The van der Waals surface area contributed by atoms with E-state index in [0.717, 1.165) is 12.8 Å². The molecule has 1 amide bonds. The maximum atomic E-state index is 11.3. The van der Waals surface area contributed by atoms with E-state index in [4.69, 9.17) is 15.6 Å². The Bertz CT molecular complexity index is 351. The van der Waals surface area contributed by atoms with E-state index in [9.17, 15) is 9.59 Å². The monoisotopic (exact) mass is 372 g/mol. The van der Waals surface area contributed by atoms with Crippen LogP contribution in [0.3, 0.4) is 0 Å². The van der Waals surface area contributed by atoms with E-state index in [1.807, 2.05) is 0 Å². The number of carboxylic acids is 1. The standard InChI is InChI=1S/C20H40N2O4/c1-2-3-4-5-6-7-8-9-10-11-12-13-14-15-16-26-20(25)22-17-18(21)19(23)24/h18H,2-17,21H2,1H3,(H,22,25)(H,23,24). The topological polar surface area (TPSA) is 102 Å². The lowest BCUT2D eigenvalue weighted by Gasteiger charge is -2.09. The summed E-state index contributed by atoms with van der Waals surface area (Å²) in [7, 11) is 0. The van der Waals surface area contributed by atoms with Crippen molar-refractivity contribution in [3.05, 3.63) is 0 Å². The lowest BCUT2D eigenvalue weighted by Crippen LogP contribution is -2.42. The van der Waals surface area contributed by atoms with Gasteiger partial charge >= 0.3 is 12.1 Å². The number of hydrogen-bond acceptors (Lipinski definition) is 4. The first-order chi connectivity index (χ1) is 12.6. The molecule has 0 aliphatic rings. The van der Waals surface area contributed by atoms with Crippen LogP contribution in [0.2, 0.25) is 0 Å². The highest BCUT2D eigenvalue weighted by Gasteiger charge is 2.12. The van der Waals surface area contributed by atoms with Crippen LogP contribution in [0, 0.1) is 0 Å². The Hall–Kier alpha value is -1.30. The molecule has 0 rings (SSSR count). The van der Waals surface area contributed by atoms with E-state index in [1.165, 1.54) is 77.0 Å². The van der Waals surface area contributed by atoms with Crippen molar-refractivity contribution in [2.45, 2.75) is 103 Å². The fourth-order valence-electron chi connectivity index (χ4n) is 2.79. The third-order valence-corrected chi connectivity index (χ3v) is 4.51. The molecular weight excluding hydrogens is 332 g/mol. The van der Waals surface area contributed by atoms with E-state index in [0.29, 0.717) is 6.61 Å². The Morgan fingerprint density at radius 2 is 1.27 bits per heavy atom. The molecule has 0 aromatic rings. The molecule has 1 atom stereocenters. The molecule has 154 valence electrons. The van der Waals surface area contributed by atoms with Crippen molar-refractivity contribution in [3.63, 3.8) is 0 Å². The Kier molecular flexibility index (Phi) is 17.6. The van der Waals surface area contributed by atoms with Crippen molar-refractivity contribution in [1.82, 2.24) is 5.32 Å². The second-order valence-corrected chi connectivity index (χ2v) is 7.06. The number of carbonyl (C=O) groups is 2. The number of alkyl carbamates (subject to hydrolysis) is 1. The predicted molar refractivity (Wildman–Crippen MR) is 105 cm³/mol. The molecule has 0 heterocycles. The largest absolute Gasteiger partial charge is 0.480 e. The van der Waals surface area contributed by atoms with Crippen LogP contribution >= 0.6 is 0 Å². The zero-order valence-corrected chi connectivity index (χ0v) is 16.6. The first kappa shape index (κ1) is 24.7. The Morgan fingerprint density at radius 3 is 1.69 bits per heavy atom. The van der Waals surface area contributed by atoms with Gasteiger partial charge < -0.3 is 20.9 Å². The molecule has 1 unspecified atom stereocenters. The quantitative estimate of drug-likeness (QED) is 0.305. The van der Waals surface area contributed by atoms with Crippen LogP contribution in [0.4, 0.5) is 4.79 Å². The van der Waals surface area contributed by atoms with Gasteiger partial charge in [0.1, 0.15) is 6.04 Å². The first-order valence-electron chi connectivity index (χ1n) is 10.5. The summed E-state index contributed by atoms with van der Waals surface area (Å²) < 4.78 is 4.98. The van der Waals surface area contributed by atoms with Crippen LogP contribution in [0.1, 0.15) is 96.8 Å². The van der Waals surface area contributed by atoms with Gasteiger partial charge in [-0.2, -0.15) is 0 Å². The summed E-state index contributed by atoms with van der Waals surface area (Å²) in [6.45, 7) is 2.50. The van der Waals surface area contributed by atoms with Gasteiger partial charge in [0.15, 0.2) is 0 Å². The first-order valence-corrected chi connectivity index (χ1v) is 10.5. The van der Waals surface area contributed by atoms with Gasteiger partial charge in [0.25, 0.3) is 0 Å². The maximum absolute atomic E-state index is 11.3. The lowest BCUT2D eigenvalue weighted by molar-refractivity contribution is -0.138. The number of carbonyl (C=O) groups excluding carboxylic acids is 1. The molecule has 4 N–H and O–H groups in total. The molecular formula is C20H40N2O4. The molecule has 0 radical (unpaired) electrons. The molecule has 0 aliphatic heterocycles. The van der Waals surface area contributed by atoms with Gasteiger partial charge in [0.05, 0.1) is 6.61 Å². The molecule has 0 saturated heterocycles. The number of amides is 1. The van der Waals surface area contributed by atoms with Gasteiger partial charge in [-0.05, 0) is 6.42 Å². The van der Waals surface area contributed by atoms with Crippen molar-refractivity contribution >= 4 is 12.1 Å². The summed E-state index contributed by atoms with van der Waals surface area (Å²) in [6, 6.07) is -1.09. The van der Waals surface area contributed by atoms with Crippen molar-refractivity contribution < 1.29 is 19.4 Å². The zero-order chi connectivity index (χ0) is 19.5. The highest BCUT2D eigenvalue weighted by molar-refractivity contribution is 5.75. The number of ether oxygens (including phenoxy) is 1. The summed E-state index contributed by atoms with van der Waals surface area (Å²) >= 11 is 0. The molecule has 0 spiro atoms. The second kappa shape index (κ2) is 18.5. The molecule has 6 nitrogen and oxygen atoms in total. The highest BCUT2D eigenvalue weighted by Crippen LogP contribution is 2.12. The van der Waals surface area contributed by atoms with Crippen LogP contribution in [0.25, 0.3) is 0 Å². The number of carboxylic acid groups (broad SMARTS) is 1. The number of nitrogens with two attached hydrogens (primary N) is 1. The third-order valence-electron chi connectivity index (χ3n) is 4.51. The zero-order valence-electron chi connectivity index (χ0n) is 16.6. The molecule has 0 aromatic heterocycles. The SMILES string of the molecule is CCCCCCCCCCCCCCCCOC(=O)NCC(N)C(=O)O. The Balaban J connectivity index is 3.19. The van der Waals surface area contributed by atoms with Gasteiger partial charge in [-0.15, -0.1) is 0 Å². The van der Waals surface area contributed by atoms with Crippen LogP contribution in [-0.4, -0.2) is 36.4 Å². The number of unbranched alkanes of at least 4 members (excludes halogenated alkanes) is 13. The van der Waals surface area contributed by atoms with Gasteiger partial charge in [-0.1, -0.05) is 90.4 Å². The lowest BCUT2D eigenvalue weighted by atomic mass is 10.0. The van der Waals surface area contributed by atoms with Crippen LogP contribution < -0.4 is 11.1 Å². The van der Waals surface area contributed by atoms with Gasteiger partial charge in [0, 0.05) is 6.54 Å². The third kappa shape index (κ3) is 17.5. The summed E-state index contributed by atoms with van der Waals surface area (Å²) in [5, 5.41) is 10.9. The van der Waals surface area contributed by atoms with Crippen LogP contribution in [0.5, 0.6) is 0 Å². The normalized spacial score (nSPS) is 11.9. The number of rotatable bonds is 18. The van der Waals surface area contributed by atoms with Crippen molar-refractivity contribution in [3.8, 4) is 0 Å². The molecule has 0 fully saturated rings. The van der Waals surface area contributed by atoms with Crippen molar-refractivity contribution in [1.29, 1.82) is 0 Å². The smallest absolute Gasteiger partial charge is 0.407 e. The number of nitrogens with one attached hydrogen (secondary N) is 1. The second-order valence-electron chi connectivity index (χ2n) is 7.06. The molecule has 6 heteroatoms. The van der Waals surface area contributed by atoms with Gasteiger partial charge in [-0.3, -0.25) is 4.79 Å². The molecule has 0 aromatic carbocycles. The maximum Gasteiger partial charge on any atom is 0.407 e. The van der Waals surface area contributed by atoms with E-state index in [1.54, 1.807) is 0 Å². The Labute approximate surface area is 159 Å². The molecule has 0 aliphatic carbocycles. The fraction of sp³-hybridized carbons (Fsp3) is 0.900. The average Bonchev–Trinajstić information content (AvgIpc) is 2.62. The minimum absolute atomic E-state index is 0.118. The number of aliphatic carboxylic acids is 1. The molecule has 0 saturated carbocycles. The van der Waals surface area contributed by atoms with Crippen LogP contribution in [-0.2, 0) is 9.53 Å². The molecule has 26 heavy (non-hydrogen) atoms. The van der Waals surface area contributed by atoms with E-state index in [-0.39, 0.29) is 6.54 Å². The Morgan fingerprint density at radius 1 is 0.846 bits per heavy atom. The average molecular weight is 373 g/mol. The fourth-order valence-corrected chi connectivity index (χ4v) is 2.79.